The summed E-state index contributed by atoms with van der Waals surface area (Å²) in [6, 6.07) is 0. The van der Waals surface area contributed by atoms with Crippen LogP contribution in [0.15, 0.2) is 0 Å². The Morgan fingerprint density at radius 1 is 0.778 bits per heavy atom. The maximum absolute atomic E-state index is 8.56. The second-order valence-electron chi connectivity index (χ2n) is 0.565. The van der Waals surface area contributed by atoms with Crippen LogP contribution >= 0.6 is 0 Å². The van der Waals surface area contributed by atoms with E-state index >= 15 is 0 Å². The van der Waals surface area contributed by atoms with Crippen LogP contribution in [0.4, 0.5) is 9.59 Å². The zero-order chi connectivity index (χ0) is 7.15. The van der Waals surface area contributed by atoms with Crippen molar-refractivity contribution < 1.29 is 30.0 Å². The molecule has 0 aromatic heterocycles. The van der Waals surface area contributed by atoms with Crippen LogP contribution in [0.25, 0.3) is 0 Å². The van der Waals surface area contributed by atoms with Crippen molar-refractivity contribution in [1.82, 2.24) is 0 Å². The first-order valence-electron chi connectivity index (χ1n) is 1.30. The number of hydrogen-bond acceptors (Lipinski definition) is 2. The van der Waals surface area contributed by atoms with E-state index in [0.29, 0.717) is 0 Å². The molecule has 0 aromatic carbocycles. The molecule has 0 radical (unpaired) electrons. The standard InChI is InChI=1S/2CH2O3.H2Se/c2*2-1(3)4;/h2*(H2,2,3,4);1H2. The van der Waals surface area contributed by atoms with E-state index in [2.05, 4.69) is 0 Å². The molecule has 0 spiro atoms. The summed E-state index contributed by atoms with van der Waals surface area (Å²) in [5.41, 5.74) is 0. The Morgan fingerprint density at radius 2 is 0.778 bits per heavy atom. The Balaban J connectivity index is -0.0000000720. The van der Waals surface area contributed by atoms with E-state index in [0.717, 1.165) is 0 Å². The molecule has 9 heavy (non-hydrogen) atoms. The molecule has 0 saturated carbocycles. The summed E-state index contributed by atoms with van der Waals surface area (Å²) in [7, 11) is 0. The molecule has 0 unspecified atom stereocenters. The summed E-state index contributed by atoms with van der Waals surface area (Å²) >= 11 is 0. The van der Waals surface area contributed by atoms with Gasteiger partial charge in [0.2, 0.25) is 0 Å². The van der Waals surface area contributed by atoms with Gasteiger partial charge in [0, 0.05) is 0 Å². The van der Waals surface area contributed by atoms with Crippen LogP contribution in [0.2, 0.25) is 0 Å². The van der Waals surface area contributed by atoms with E-state index in [9.17, 15) is 0 Å². The van der Waals surface area contributed by atoms with Crippen LogP contribution in [-0.2, 0) is 0 Å². The molecule has 0 atom stereocenters. The van der Waals surface area contributed by atoms with Crippen molar-refractivity contribution in [2.24, 2.45) is 0 Å². The molecular weight excluding hydrogens is 199 g/mol. The normalized spacial score (nSPS) is 5.33. The zero-order valence-electron chi connectivity index (χ0n) is 4.11. The molecule has 0 aromatic rings. The molecule has 0 bridgehead atoms. The summed E-state index contributed by atoms with van der Waals surface area (Å²) in [5.74, 6) is 0. The summed E-state index contributed by atoms with van der Waals surface area (Å²) in [6.07, 6.45) is -3.67. The maximum atomic E-state index is 8.56. The van der Waals surface area contributed by atoms with Gasteiger partial charge < -0.3 is 20.4 Å². The van der Waals surface area contributed by atoms with E-state index in [4.69, 9.17) is 30.0 Å². The third-order valence-electron chi connectivity index (χ3n) is 0. The Bertz CT molecular complexity index is 69.1. The van der Waals surface area contributed by atoms with Gasteiger partial charge in [-0.1, -0.05) is 0 Å². The molecule has 0 aliphatic carbocycles. The molecule has 0 fully saturated rings. The number of carboxylic acid groups (broad SMARTS) is 4. The van der Waals surface area contributed by atoms with Gasteiger partial charge in [-0.2, -0.15) is 0 Å². The van der Waals surface area contributed by atoms with Gasteiger partial charge in [-0.25, -0.2) is 9.59 Å². The first-order chi connectivity index (χ1) is 3.46. The van der Waals surface area contributed by atoms with Crippen molar-refractivity contribution in [2.45, 2.75) is 0 Å². The predicted octanol–water partition coefficient (Wildman–Crippen LogP) is -0.471. The first-order valence-corrected chi connectivity index (χ1v) is 1.30. The zero-order valence-corrected chi connectivity index (χ0v) is 6.20. The van der Waals surface area contributed by atoms with Gasteiger partial charge in [-0.3, -0.25) is 0 Å². The molecule has 0 heterocycles. The first kappa shape index (κ1) is 15.7. The van der Waals surface area contributed by atoms with Gasteiger partial charge >= 0.3 is 29.4 Å². The second kappa shape index (κ2) is 10.1. The summed E-state index contributed by atoms with van der Waals surface area (Å²) in [6.45, 7) is 0. The molecule has 0 amide bonds. The van der Waals surface area contributed by atoms with Crippen molar-refractivity contribution in [2.75, 3.05) is 0 Å². The molecular formula is C2H6O6Se. The molecule has 0 aliphatic rings. The second-order valence-corrected chi connectivity index (χ2v) is 0.565. The van der Waals surface area contributed by atoms with E-state index in [1.54, 1.807) is 0 Å². The summed E-state index contributed by atoms with van der Waals surface area (Å²) in [4.78, 5) is 17.1. The summed E-state index contributed by atoms with van der Waals surface area (Å²) < 4.78 is 0. The molecule has 56 valence electrons. The molecule has 0 rings (SSSR count). The number of hydrogen-bond donors (Lipinski definition) is 4. The van der Waals surface area contributed by atoms with Crippen LogP contribution in [0.1, 0.15) is 0 Å². The molecule has 4 N–H and O–H groups in total. The number of rotatable bonds is 0. The van der Waals surface area contributed by atoms with E-state index < -0.39 is 12.3 Å². The minimum atomic E-state index is -1.83. The third-order valence-corrected chi connectivity index (χ3v) is 0. The molecule has 6 nitrogen and oxygen atoms in total. The molecule has 7 heteroatoms. The third kappa shape index (κ3) is 204. The van der Waals surface area contributed by atoms with Crippen LogP contribution in [-0.4, -0.2) is 49.8 Å². The molecule has 0 aliphatic heterocycles. The van der Waals surface area contributed by atoms with Crippen molar-refractivity contribution in [1.29, 1.82) is 0 Å². The van der Waals surface area contributed by atoms with Crippen molar-refractivity contribution in [3.63, 3.8) is 0 Å². The Hall–Kier alpha value is -0.941. The average molecular weight is 205 g/mol. The van der Waals surface area contributed by atoms with Crippen molar-refractivity contribution in [3.05, 3.63) is 0 Å². The van der Waals surface area contributed by atoms with Crippen LogP contribution < -0.4 is 0 Å². The topological polar surface area (TPSA) is 115 Å². The fraction of sp³-hybridized carbons (Fsp3) is 0. The fourth-order valence-electron chi connectivity index (χ4n) is 0. The Kier molecular flexibility index (Phi) is 17.7. The van der Waals surface area contributed by atoms with E-state index in [1.807, 2.05) is 0 Å². The number of carbonyl (C=O) groups is 2. The van der Waals surface area contributed by atoms with Gasteiger partial charge in [0.15, 0.2) is 0 Å². The van der Waals surface area contributed by atoms with Crippen LogP contribution in [0.5, 0.6) is 0 Å². The quantitative estimate of drug-likeness (QED) is 0.397. The van der Waals surface area contributed by atoms with Crippen molar-refractivity contribution >= 4 is 29.4 Å². The average Bonchev–Trinajstić information content (AvgIpc) is 1.25. The van der Waals surface area contributed by atoms with Gasteiger partial charge in [0.25, 0.3) is 0 Å². The van der Waals surface area contributed by atoms with Gasteiger partial charge in [-0.05, 0) is 0 Å². The Labute approximate surface area is 60.2 Å². The van der Waals surface area contributed by atoms with Crippen LogP contribution in [0.3, 0.4) is 0 Å². The Morgan fingerprint density at radius 3 is 0.778 bits per heavy atom. The van der Waals surface area contributed by atoms with Gasteiger partial charge in [0.1, 0.15) is 0 Å². The van der Waals surface area contributed by atoms with Gasteiger partial charge in [0.05, 0.1) is 0 Å². The predicted molar refractivity (Wildman–Crippen MR) is 29.9 cm³/mol. The minimum absolute atomic E-state index is 0. The van der Waals surface area contributed by atoms with E-state index in [1.165, 1.54) is 0 Å². The van der Waals surface area contributed by atoms with Crippen LogP contribution in [0, 0.1) is 0 Å². The molecule has 0 saturated heterocycles. The summed E-state index contributed by atoms with van der Waals surface area (Å²) in [5, 5.41) is 27.9. The van der Waals surface area contributed by atoms with Crippen molar-refractivity contribution in [3.8, 4) is 0 Å². The van der Waals surface area contributed by atoms with E-state index in [-0.39, 0.29) is 17.1 Å². The van der Waals surface area contributed by atoms with Gasteiger partial charge in [-0.15, -0.1) is 0 Å². The SMILES string of the molecule is O=C(O)O.O=C(O)O.[SeH2]. The monoisotopic (exact) mass is 206 g/mol. The fourth-order valence-corrected chi connectivity index (χ4v) is 0.